The number of hydrogen-bond acceptors (Lipinski definition) is 5. The van der Waals surface area contributed by atoms with Crippen LogP contribution in [-0.2, 0) is 6.54 Å². The summed E-state index contributed by atoms with van der Waals surface area (Å²) >= 11 is 1.15. The molecule has 0 saturated carbocycles. The highest BCUT2D eigenvalue weighted by molar-refractivity contribution is 7.13. The highest BCUT2D eigenvalue weighted by atomic mass is 32.1. The van der Waals surface area contributed by atoms with Crippen LogP contribution < -0.4 is 10.1 Å². The first-order valence-electron chi connectivity index (χ1n) is 6.20. The summed E-state index contributed by atoms with van der Waals surface area (Å²) in [5.74, 6) is 0.837. The van der Waals surface area contributed by atoms with Crippen molar-refractivity contribution in [3.63, 3.8) is 0 Å². The minimum Gasteiger partial charge on any atom is -0.496 e. The highest BCUT2D eigenvalue weighted by Gasteiger charge is 2.13. The Morgan fingerprint density at radius 3 is 2.85 bits per heavy atom. The molecule has 1 N–H and O–H groups in total. The van der Waals surface area contributed by atoms with Crippen molar-refractivity contribution in [2.75, 3.05) is 7.11 Å². The molecule has 0 bridgehead atoms. The second kappa shape index (κ2) is 6.49. The molecule has 0 amide bonds. The van der Waals surface area contributed by atoms with E-state index in [1.165, 1.54) is 0 Å². The van der Waals surface area contributed by atoms with Crippen molar-refractivity contribution in [2.45, 2.75) is 19.5 Å². The van der Waals surface area contributed by atoms with Gasteiger partial charge in [0.15, 0.2) is 0 Å². The smallest absolute Gasteiger partial charge is 0.324 e. The topological polar surface area (TPSA) is 64.4 Å². The van der Waals surface area contributed by atoms with Crippen molar-refractivity contribution in [2.24, 2.45) is 0 Å². The van der Waals surface area contributed by atoms with E-state index in [0.717, 1.165) is 28.2 Å². The van der Waals surface area contributed by atoms with Gasteiger partial charge in [-0.2, -0.15) is 0 Å². The van der Waals surface area contributed by atoms with Gasteiger partial charge in [0.05, 0.1) is 12.0 Å². The Hall–Kier alpha value is -1.92. The van der Waals surface area contributed by atoms with Gasteiger partial charge in [-0.05, 0) is 18.6 Å². The molecule has 0 spiro atoms. The van der Waals surface area contributed by atoms with E-state index in [9.17, 15) is 10.1 Å². The molecule has 0 aliphatic carbocycles. The van der Waals surface area contributed by atoms with Crippen molar-refractivity contribution in [3.8, 4) is 5.75 Å². The molecule has 1 heterocycles. The van der Waals surface area contributed by atoms with Gasteiger partial charge in [-0.1, -0.05) is 29.5 Å². The third-order valence-corrected chi connectivity index (χ3v) is 3.97. The molecule has 1 aromatic heterocycles. The maximum absolute atomic E-state index is 10.6. The summed E-state index contributed by atoms with van der Waals surface area (Å²) in [5.41, 5.74) is 1.99. The molecule has 1 atom stereocenters. The maximum atomic E-state index is 10.6. The predicted molar refractivity (Wildman–Crippen MR) is 79.2 cm³/mol. The summed E-state index contributed by atoms with van der Waals surface area (Å²) in [5, 5.41) is 16.0. The van der Waals surface area contributed by atoms with Crippen LogP contribution in [0.5, 0.6) is 5.75 Å². The van der Waals surface area contributed by atoms with Gasteiger partial charge < -0.3 is 10.1 Å². The molecule has 0 aliphatic heterocycles. The van der Waals surface area contributed by atoms with E-state index < -0.39 is 0 Å². The number of hydrogen-bond donors (Lipinski definition) is 1. The number of nitrogens with zero attached hydrogens (tertiary/aromatic N) is 1. The van der Waals surface area contributed by atoms with Crippen LogP contribution in [0.3, 0.4) is 0 Å². The largest absolute Gasteiger partial charge is 0.496 e. The number of thiophene rings is 1. The van der Waals surface area contributed by atoms with Gasteiger partial charge in [0.25, 0.3) is 0 Å². The number of para-hydroxylation sites is 1. The Kier molecular flexibility index (Phi) is 4.70. The first-order chi connectivity index (χ1) is 9.61. The van der Waals surface area contributed by atoms with Crippen LogP contribution in [0.1, 0.15) is 24.1 Å². The third kappa shape index (κ3) is 3.34. The Labute approximate surface area is 121 Å². The minimum atomic E-state index is -0.363. The molecule has 0 saturated heterocycles. The van der Waals surface area contributed by atoms with E-state index in [1.807, 2.05) is 31.2 Å². The third-order valence-electron chi connectivity index (χ3n) is 3.04. The van der Waals surface area contributed by atoms with Crippen LogP contribution in [0.15, 0.2) is 35.7 Å². The fraction of sp³-hybridized carbons (Fsp3) is 0.286. The van der Waals surface area contributed by atoms with Gasteiger partial charge in [0, 0.05) is 29.6 Å². The van der Waals surface area contributed by atoms with Crippen LogP contribution in [0.2, 0.25) is 0 Å². The summed E-state index contributed by atoms with van der Waals surface area (Å²) in [4.78, 5) is 10.3. The van der Waals surface area contributed by atoms with Crippen molar-refractivity contribution in [3.05, 3.63) is 57.0 Å². The lowest BCUT2D eigenvalue weighted by Crippen LogP contribution is -2.18. The van der Waals surface area contributed by atoms with E-state index in [-0.39, 0.29) is 16.0 Å². The molecule has 1 unspecified atom stereocenters. The molecule has 0 aliphatic rings. The molecular weight excluding hydrogens is 276 g/mol. The van der Waals surface area contributed by atoms with E-state index >= 15 is 0 Å². The van der Waals surface area contributed by atoms with Crippen LogP contribution in [0.4, 0.5) is 5.00 Å². The zero-order chi connectivity index (χ0) is 14.5. The molecule has 2 rings (SSSR count). The standard InChI is InChI=1S/C14H16N2O3S/c1-10(12-5-3-4-6-13(12)19-2)15-8-11-7-14(16(17)18)20-9-11/h3-7,9-10,15H,8H2,1-2H3. The van der Waals surface area contributed by atoms with Crippen LogP contribution in [0, 0.1) is 10.1 Å². The quantitative estimate of drug-likeness (QED) is 0.653. The zero-order valence-corrected chi connectivity index (χ0v) is 12.1. The van der Waals surface area contributed by atoms with E-state index in [1.54, 1.807) is 18.6 Å². The van der Waals surface area contributed by atoms with Crippen LogP contribution >= 0.6 is 11.3 Å². The number of methoxy groups -OCH3 is 1. The lowest BCUT2D eigenvalue weighted by Gasteiger charge is -2.16. The monoisotopic (exact) mass is 292 g/mol. The van der Waals surface area contributed by atoms with Crippen LogP contribution in [0.25, 0.3) is 0 Å². The van der Waals surface area contributed by atoms with Gasteiger partial charge >= 0.3 is 5.00 Å². The van der Waals surface area contributed by atoms with Gasteiger partial charge in [0.2, 0.25) is 0 Å². The SMILES string of the molecule is COc1ccccc1C(C)NCc1csc([N+](=O)[O-])c1. The average molecular weight is 292 g/mol. The molecule has 0 radical (unpaired) electrons. The number of ether oxygens (including phenoxy) is 1. The maximum Gasteiger partial charge on any atom is 0.324 e. The molecule has 20 heavy (non-hydrogen) atoms. The summed E-state index contributed by atoms with van der Waals surface area (Å²) in [7, 11) is 1.65. The fourth-order valence-electron chi connectivity index (χ4n) is 1.96. The first-order valence-corrected chi connectivity index (χ1v) is 7.08. The number of nitro groups is 1. The summed E-state index contributed by atoms with van der Waals surface area (Å²) < 4.78 is 5.33. The van der Waals surface area contributed by atoms with Gasteiger partial charge in [-0.3, -0.25) is 10.1 Å². The van der Waals surface area contributed by atoms with E-state index in [0.29, 0.717) is 6.54 Å². The van der Waals surface area contributed by atoms with E-state index in [2.05, 4.69) is 5.32 Å². The second-order valence-electron chi connectivity index (χ2n) is 4.39. The molecular formula is C14H16N2O3S. The average Bonchev–Trinajstić information content (AvgIpc) is 2.94. The second-order valence-corrected chi connectivity index (χ2v) is 5.28. The molecule has 2 aromatic rings. The normalized spacial score (nSPS) is 12.1. The number of rotatable bonds is 6. The van der Waals surface area contributed by atoms with Crippen molar-refractivity contribution in [1.29, 1.82) is 0 Å². The summed E-state index contributed by atoms with van der Waals surface area (Å²) in [6, 6.07) is 9.52. The fourth-order valence-corrected chi connectivity index (χ4v) is 2.69. The summed E-state index contributed by atoms with van der Waals surface area (Å²) in [6.07, 6.45) is 0. The molecule has 6 heteroatoms. The Morgan fingerprint density at radius 2 is 2.20 bits per heavy atom. The minimum absolute atomic E-state index is 0.102. The van der Waals surface area contributed by atoms with Crippen molar-refractivity contribution < 1.29 is 9.66 Å². The summed E-state index contributed by atoms with van der Waals surface area (Å²) in [6.45, 7) is 2.63. The molecule has 1 aromatic carbocycles. The number of benzene rings is 1. The van der Waals surface area contributed by atoms with E-state index in [4.69, 9.17) is 4.74 Å². The zero-order valence-electron chi connectivity index (χ0n) is 11.3. The molecule has 106 valence electrons. The lowest BCUT2D eigenvalue weighted by molar-refractivity contribution is -0.380. The first kappa shape index (κ1) is 14.5. The lowest BCUT2D eigenvalue weighted by atomic mass is 10.1. The Morgan fingerprint density at radius 1 is 1.45 bits per heavy atom. The van der Waals surface area contributed by atoms with Gasteiger partial charge in [-0.25, -0.2) is 0 Å². The van der Waals surface area contributed by atoms with Gasteiger partial charge in [0.1, 0.15) is 5.75 Å². The molecule has 5 nitrogen and oxygen atoms in total. The van der Waals surface area contributed by atoms with Crippen LogP contribution in [-0.4, -0.2) is 12.0 Å². The van der Waals surface area contributed by atoms with Gasteiger partial charge in [-0.15, -0.1) is 0 Å². The predicted octanol–water partition coefficient (Wildman–Crippen LogP) is 3.52. The van der Waals surface area contributed by atoms with Crippen molar-refractivity contribution in [1.82, 2.24) is 5.32 Å². The Balaban J connectivity index is 2.00. The highest BCUT2D eigenvalue weighted by Crippen LogP contribution is 2.26. The Bertz CT molecular complexity index is 598. The number of nitrogens with one attached hydrogen (secondary N) is 1. The molecule has 0 fully saturated rings. The van der Waals surface area contributed by atoms with Crippen molar-refractivity contribution >= 4 is 16.3 Å².